The molecule has 6 heteroatoms. The van der Waals surface area contributed by atoms with Crippen LogP contribution in [0, 0.1) is 0 Å². The quantitative estimate of drug-likeness (QED) is 0.258. The molecule has 1 atom stereocenters. The number of allylic oxidation sites excluding steroid dienone is 1. The summed E-state index contributed by atoms with van der Waals surface area (Å²) in [5.74, 6) is 4.95. The number of hydrogen-bond acceptors (Lipinski definition) is 4. The highest BCUT2D eigenvalue weighted by molar-refractivity contribution is 6.34. The first kappa shape index (κ1) is 24.1. The Hall–Kier alpha value is -1.85. The fourth-order valence-corrected chi connectivity index (χ4v) is 2.52. The van der Waals surface area contributed by atoms with Crippen LogP contribution in [0.15, 0.2) is 36.0 Å². The maximum Gasteiger partial charge on any atom is 0.252 e. The molecule has 0 aliphatic carbocycles. The van der Waals surface area contributed by atoms with Crippen molar-refractivity contribution in [3.63, 3.8) is 0 Å². The first-order chi connectivity index (χ1) is 12.3. The van der Waals surface area contributed by atoms with Crippen LogP contribution in [-0.4, -0.2) is 28.9 Å². The van der Waals surface area contributed by atoms with Crippen LogP contribution in [0.3, 0.4) is 0 Å². The van der Waals surface area contributed by atoms with E-state index in [4.69, 9.17) is 17.4 Å². The van der Waals surface area contributed by atoms with Gasteiger partial charge in [0.25, 0.3) is 5.91 Å². The van der Waals surface area contributed by atoms with Crippen molar-refractivity contribution >= 4 is 23.2 Å². The molecule has 1 aromatic rings. The second-order valence-electron chi connectivity index (χ2n) is 6.05. The fraction of sp³-hybridized carbons (Fsp3) is 0.500. The normalized spacial score (nSPS) is 13.2. The summed E-state index contributed by atoms with van der Waals surface area (Å²) in [5.41, 5.74) is 0.477. The van der Waals surface area contributed by atoms with Crippen LogP contribution in [0.25, 0.3) is 0 Å². The van der Waals surface area contributed by atoms with Crippen LogP contribution >= 0.6 is 11.6 Å². The van der Waals surface area contributed by atoms with Gasteiger partial charge in [-0.25, -0.2) is 0 Å². The van der Waals surface area contributed by atoms with Crippen molar-refractivity contribution in [1.29, 1.82) is 0 Å². The zero-order valence-corrected chi connectivity index (χ0v) is 17.1. The molecule has 1 rings (SSSR count). The Morgan fingerprint density at radius 2 is 2.08 bits per heavy atom. The Morgan fingerprint density at radius 1 is 1.42 bits per heavy atom. The number of amides is 1. The zero-order valence-electron chi connectivity index (χ0n) is 16.3. The molecule has 0 aliphatic rings. The molecule has 0 saturated heterocycles. The van der Waals surface area contributed by atoms with E-state index in [-0.39, 0.29) is 12.5 Å². The second kappa shape index (κ2) is 12.5. The summed E-state index contributed by atoms with van der Waals surface area (Å²) in [5, 5.41) is 17.0. The third kappa shape index (κ3) is 8.02. The van der Waals surface area contributed by atoms with Crippen LogP contribution in [0.1, 0.15) is 69.3 Å². The maximum atomic E-state index is 12.4. The molecular formula is C20H32ClN3O2. The molecule has 146 valence electrons. The van der Waals surface area contributed by atoms with Crippen LogP contribution in [0.2, 0.25) is 5.02 Å². The molecular weight excluding hydrogens is 350 g/mol. The number of nitrogens with zero attached hydrogens (tertiary/aromatic N) is 1. The van der Waals surface area contributed by atoms with E-state index < -0.39 is 5.60 Å². The lowest BCUT2D eigenvalue weighted by Crippen LogP contribution is -2.40. The van der Waals surface area contributed by atoms with Gasteiger partial charge < -0.3 is 16.3 Å². The average Bonchev–Trinajstić information content (AvgIpc) is 2.64. The maximum absolute atomic E-state index is 12.4. The number of aliphatic hydroxyl groups is 1. The van der Waals surface area contributed by atoms with Crippen molar-refractivity contribution in [1.82, 2.24) is 5.32 Å². The molecule has 1 unspecified atom stereocenters. The Labute approximate surface area is 162 Å². The Balaban J connectivity index is 0.00000301. The summed E-state index contributed by atoms with van der Waals surface area (Å²) in [6, 6.07) is 4.93. The summed E-state index contributed by atoms with van der Waals surface area (Å²) in [4.78, 5) is 12.4. The van der Waals surface area contributed by atoms with Gasteiger partial charge in [-0.05, 0) is 31.6 Å². The summed E-state index contributed by atoms with van der Waals surface area (Å²) in [7, 11) is 0. The molecule has 5 nitrogen and oxygen atoms in total. The number of unbranched alkanes of at least 4 members (excludes halogenated alkanes) is 2. The minimum atomic E-state index is -0.945. The molecule has 1 amide bonds. The second-order valence-corrected chi connectivity index (χ2v) is 6.46. The van der Waals surface area contributed by atoms with E-state index in [1.165, 1.54) is 6.08 Å². The monoisotopic (exact) mass is 381 g/mol. The number of carbonyl (C=O) groups excluding carboxylic acids is 1. The number of nitrogens with one attached hydrogen (secondary N) is 1. The zero-order chi connectivity index (χ0) is 20.2. The minimum absolute atomic E-state index is 0.162. The topological polar surface area (TPSA) is 87.7 Å². The van der Waals surface area contributed by atoms with Crippen molar-refractivity contribution in [3.05, 3.63) is 47.0 Å². The Kier molecular flexibility index (Phi) is 11.6. The van der Waals surface area contributed by atoms with E-state index in [9.17, 15) is 9.90 Å². The first-order valence-electron chi connectivity index (χ1n) is 9.05. The predicted molar refractivity (Wildman–Crippen MR) is 111 cm³/mol. The molecule has 0 aromatic heterocycles. The van der Waals surface area contributed by atoms with Gasteiger partial charge >= 0.3 is 0 Å². The average molecular weight is 382 g/mol. The van der Waals surface area contributed by atoms with E-state index >= 15 is 0 Å². The summed E-state index contributed by atoms with van der Waals surface area (Å²) in [6.45, 7) is 11.6. The van der Waals surface area contributed by atoms with Crippen molar-refractivity contribution < 1.29 is 9.90 Å². The van der Waals surface area contributed by atoms with Gasteiger partial charge in [0, 0.05) is 12.1 Å². The van der Waals surface area contributed by atoms with Gasteiger partial charge in [0.1, 0.15) is 0 Å². The number of hydrogen-bond donors (Lipinski definition) is 3. The van der Waals surface area contributed by atoms with Gasteiger partial charge in [0.05, 0.1) is 21.9 Å². The first-order valence-corrected chi connectivity index (χ1v) is 9.43. The van der Waals surface area contributed by atoms with Crippen LogP contribution in [0.5, 0.6) is 0 Å². The highest BCUT2D eigenvalue weighted by Crippen LogP contribution is 2.19. The number of halogens is 1. The smallest absolute Gasteiger partial charge is 0.252 e. The molecule has 0 bridgehead atoms. The van der Waals surface area contributed by atoms with Crippen molar-refractivity contribution in [2.45, 2.75) is 59.0 Å². The highest BCUT2D eigenvalue weighted by Gasteiger charge is 2.22. The van der Waals surface area contributed by atoms with E-state index in [0.717, 1.165) is 19.3 Å². The lowest BCUT2D eigenvalue weighted by Gasteiger charge is -2.23. The number of rotatable bonds is 9. The number of benzene rings is 1. The van der Waals surface area contributed by atoms with Crippen LogP contribution < -0.4 is 11.2 Å². The third-order valence-corrected chi connectivity index (χ3v) is 4.12. The predicted octanol–water partition coefficient (Wildman–Crippen LogP) is 4.28. The lowest BCUT2D eigenvalue weighted by molar-refractivity contribution is 0.0453. The largest absolute Gasteiger partial charge is 0.388 e. The third-order valence-electron chi connectivity index (χ3n) is 3.79. The van der Waals surface area contributed by atoms with E-state index in [0.29, 0.717) is 28.3 Å². The number of nitrogens with two attached hydrogens (primary N) is 1. The van der Waals surface area contributed by atoms with Gasteiger partial charge in [0.2, 0.25) is 0 Å². The minimum Gasteiger partial charge on any atom is -0.388 e. The standard InChI is InChI=1S/C18H26ClN3O2.C2H6/c1-4-6-7-10-18(3,24)12-21-17(23)14-11-13(8-9-15(14)19)16(5-2)22-20;1-2/h5,8-9,11,24H,2,4,6-7,10,12,20H2,1,3H3,(H,21,23);1-2H3/b22-16+;. The molecule has 0 spiro atoms. The Morgan fingerprint density at radius 3 is 2.62 bits per heavy atom. The van der Waals surface area contributed by atoms with Gasteiger partial charge in [-0.1, -0.05) is 64.3 Å². The molecule has 0 heterocycles. The lowest BCUT2D eigenvalue weighted by atomic mass is 9.98. The van der Waals surface area contributed by atoms with Gasteiger partial charge in [-0.3, -0.25) is 4.79 Å². The van der Waals surface area contributed by atoms with Crippen molar-refractivity contribution in [2.75, 3.05) is 6.54 Å². The Bertz CT molecular complexity index is 613. The molecule has 1 aromatic carbocycles. The van der Waals surface area contributed by atoms with E-state index in [2.05, 4.69) is 23.9 Å². The molecule has 26 heavy (non-hydrogen) atoms. The summed E-state index contributed by atoms with van der Waals surface area (Å²) >= 11 is 6.11. The number of carbonyl (C=O) groups is 1. The summed E-state index contributed by atoms with van der Waals surface area (Å²) in [6.07, 6.45) is 5.20. The van der Waals surface area contributed by atoms with Crippen molar-refractivity contribution in [2.24, 2.45) is 10.9 Å². The highest BCUT2D eigenvalue weighted by atomic mass is 35.5. The molecule has 0 fully saturated rings. The van der Waals surface area contributed by atoms with E-state index in [1.54, 1.807) is 25.1 Å². The number of hydrazone groups is 1. The van der Waals surface area contributed by atoms with Crippen molar-refractivity contribution in [3.8, 4) is 0 Å². The molecule has 4 N–H and O–H groups in total. The van der Waals surface area contributed by atoms with Gasteiger partial charge in [-0.15, -0.1) is 0 Å². The van der Waals surface area contributed by atoms with Gasteiger partial charge in [-0.2, -0.15) is 5.10 Å². The molecule has 0 radical (unpaired) electrons. The summed E-state index contributed by atoms with van der Waals surface area (Å²) < 4.78 is 0. The van der Waals surface area contributed by atoms with Gasteiger partial charge in [0.15, 0.2) is 0 Å². The fourth-order valence-electron chi connectivity index (χ4n) is 2.31. The van der Waals surface area contributed by atoms with Crippen LogP contribution in [0.4, 0.5) is 0 Å². The molecule has 0 aliphatic heterocycles. The van der Waals surface area contributed by atoms with Crippen LogP contribution in [-0.2, 0) is 0 Å². The van der Waals surface area contributed by atoms with E-state index in [1.807, 2.05) is 13.8 Å². The molecule has 0 saturated carbocycles. The SMILES string of the molecule is C=C/C(=N\N)c1ccc(Cl)c(C(=O)NCC(C)(O)CCCCC)c1.CC.